The summed E-state index contributed by atoms with van der Waals surface area (Å²) < 4.78 is 5.84. The van der Waals surface area contributed by atoms with Crippen molar-refractivity contribution in [3.63, 3.8) is 0 Å². The van der Waals surface area contributed by atoms with Gasteiger partial charge in [0.05, 0.1) is 24.9 Å². The molecule has 0 radical (unpaired) electrons. The highest BCUT2D eigenvalue weighted by atomic mass is 32.1. The Morgan fingerprint density at radius 1 is 1.39 bits per heavy atom. The Labute approximate surface area is 196 Å². The van der Waals surface area contributed by atoms with Gasteiger partial charge in [0.2, 0.25) is 5.91 Å². The SMILES string of the molecule is CC(=O)NCc1ccc2[nH]cc(C[C@H]3COCCN3c3nc4c(s3)C(=O)NC(C)(C)C4)c2c1. The van der Waals surface area contributed by atoms with Crippen LogP contribution in [0.5, 0.6) is 0 Å². The van der Waals surface area contributed by atoms with E-state index in [4.69, 9.17) is 9.72 Å². The van der Waals surface area contributed by atoms with Crippen molar-refractivity contribution in [1.82, 2.24) is 20.6 Å². The van der Waals surface area contributed by atoms with E-state index in [9.17, 15) is 9.59 Å². The average molecular weight is 468 g/mol. The number of aromatic nitrogens is 2. The van der Waals surface area contributed by atoms with Crippen LogP contribution in [0, 0.1) is 0 Å². The van der Waals surface area contributed by atoms with Gasteiger partial charge in [0.25, 0.3) is 5.91 Å². The van der Waals surface area contributed by atoms with Gasteiger partial charge in [-0.25, -0.2) is 4.98 Å². The number of anilines is 1. The predicted molar refractivity (Wildman–Crippen MR) is 129 cm³/mol. The van der Waals surface area contributed by atoms with Gasteiger partial charge in [-0.2, -0.15) is 0 Å². The monoisotopic (exact) mass is 467 g/mol. The van der Waals surface area contributed by atoms with E-state index in [1.165, 1.54) is 23.8 Å². The molecule has 1 fully saturated rings. The first-order valence-electron chi connectivity index (χ1n) is 11.3. The zero-order valence-corrected chi connectivity index (χ0v) is 20.0. The third kappa shape index (κ3) is 4.47. The number of fused-ring (bicyclic) bond motifs is 2. The molecule has 0 spiro atoms. The summed E-state index contributed by atoms with van der Waals surface area (Å²) in [6.45, 7) is 8.10. The van der Waals surface area contributed by atoms with Gasteiger partial charge in [-0.15, -0.1) is 0 Å². The molecule has 0 saturated carbocycles. The lowest BCUT2D eigenvalue weighted by molar-refractivity contribution is -0.119. The van der Waals surface area contributed by atoms with E-state index >= 15 is 0 Å². The smallest absolute Gasteiger partial charge is 0.263 e. The minimum absolute atomic E-state index is 0.0295. The molecule has 1 saturated heterocycles. The fourth-order valence-electron chi connectivity index (χ4n) is 4.65. The molecule has 0 unspecified atom stereocenters. The van der Waals surface area contributed by atoms with Gasteiger partial charge < -0.3 is 25.3 Å². The maximum absolute atomic E-state index is 12.6. The number of nitrogens with zero attached hydrogens (tertiary/aromatic N) is 2. The van der Waals surface area contributed by atoms with E-state index in [0.29, 0.717) is 19.8 Å². The van der Waals surface area contributed by atoms with Crippen LogP contribution in [0.15, 0.2) is 24.4 Å². The molecule has 8 nitrogen and oxygen atoms in total. The van der Waals surface area contributed by atoms with E-state index in [1.807, 2.05) is 19.9 Å². The summed E-state index contributed by atoms with van der Waals surface area (Å²) in [6.07, 6.45) is 3.59. The predicted octanol–water partition coefficient (Wildman–Crippen LogP) is 2.77. The molecule has 2 amide bonds. The molecule has 0 aliphatic carbocycles. The van der Waals surface area contributed by atoms with E-state index < -0.39 is 0 Å². The number of H-pyrrole nitrogens is 1. The molecule has 0 bridgehead atoms. The normalized spacial score (nSPS) is 19.9. The summed E-state index contributed by atoms with van der Waals surface area (Å²) in [4.78, 5) is 35.2. The van der Waals surface area contributed by atoms with Crippen molar-refractivity contribution < 1.29 is 14.3 Å². The standard InChI is InChI=1S/C24H29N5O3S/c1-14(30)25-11-15-4-5-19-18(8-15)16(12-26-19)9-17-13-32-7-6-29(17)23-27-20-10-24(2,3)28-22(31)21(20)33-23/h4-5,8,12,17,26H,6-7,9-11,13H2,1-3H3,(H,25,30)(H,28,31)/t17-/m0/s1. The van der Waals surface area contributed by atoms with Crippen molar-refractivity contribution in [2.45, 2.75) is 51.7 Å². The molecule has 3 N–H and O–H groups in total. The molecule has 1 atom stereocenters. The number of nitrogens with one attached hydrogen (secondary N) is 3. The Balaban J connectivity index is 1.40. The van der Waals surface area contributed by atoms with Gasteiger partial charge in [0, 0.05) is 49.1 Å². The first-order chi connectivity index (χ1) is 15.8. The molecule has 2 aliphatic heterocycles. The van der Waals surface area contributed by atoms with Crippen LogP contribution in [0.3, 0.4) is 0 Å². The number of morpholine rings is 1. The highest BCUT2D eigenvalue weighted by Gasteiger charge is 2.35. The zero-order chi connectivity index (χ0) is 23.2. The zero-order valence-electron chi connectivity index (χ0n) is 19.2. The number of rotatable bonds is 5. The number of carbonyl (C=O) groups excluding carboxylic acids is 2. The number of aromatic amines is 1. The van der Waals surface area contributed by atoms with Crippen LogP contribution in [-0.4, -0.2) is 53.1 Å². The minimum Gasteiger partial charge on any atom is -0.377 e. The summed E-state index contributed by atoms with van der Waals surface area (Å²) in [5, 5.41) is 7.99. The Morgan fingerprint density at radius 3 is 3.06 bits per heavy atom. The number of hydrogen-bond donors (Lipinski definition) is 3. The van der Waals surface area contributed by atoms with Gasteiger partial charge in [0.15, 0.2) is 5.13 Å². The minimum atomic E-state index is -0.279. The summed E-state index contributed by atoms with van der Waals surface area (Å²) in [6, 6.07) is 6.35. The van der Waals surface area contributed by atoms with Crippen LogP contribution in [0.2, 0.25) is 0 Å². The second-order valence-corrected chi connectivity index (χ2v) is 10.5. The maximum Gasteiger partial charge on any atom is 0.263 e. The Morgan fingerprint density at radius 2 is 2.24 bits per heavy atom. The summed E-state index contributed by atoms with van der Waals surface area (Å²) in [7, 11) is 0. The van der Waals surface area contributed by atoms with Gasteiger partial charge in [-0.1, -0.05) is 17.4 Å². The molecule has 174 valence electrons. The number of hydrogen-bond acceptors (Lipinski definition) is 6. The van der Waals surface area contributed by atoms with Crippen LogP contribution in [0.1, 0.15) is 47.3 Å². The van der Waals surface area contributed by atoms with E-state index in [2.05, 4.69) is 38.8 Å². The molecule has 3 aromatic rings. The Kier molecular flexibility index (Phi) is 5.62. The molecule has 2 aliphatic rings. The Bertz CT molecular complexity index is 1210. The molecule has 33 heavy (non-hydrogen) atoms. The van der Waals surface area contributed by atoms with Crippen molar-refractivity contribution in [1.29, 1.82) is 0 Å². The summed E-state index contributed by atoms with van der Waals surface area (Å²) >= 11 is 1.48. The van der Waals surface area contributed by atoms with Crippen LogP contribution in [0.25, 0.3) is 10.9 Å². The van der Waals surface area contributed by atoms with Crippen molar-refractivity contribution in [3.05, 3.63) is 46.1 Å². The number of ether oxygens (including phenoxy) is 1. The molecular formula is C24H29N5O3S. The highest BCUT2D eigenvalue weighted by Crippen LogP contribution is 2.34. The third-order valence-corrected chi connectivity index (χ3v) is 7.39. The fourth-order valence-corrected chi connectivity index (χ4v) is 5.72. The maximum atomic E-state index is 12.6. The molecule has 1 aromatic carbocycles. The second kappa shape index (κ2) is 8.46. The van der Waals surface area contributed by atoms with E-state index in [-0.39, 0.29) is 23.4 Å². The van der Waals surface area contributed by atoms with E-state index in [1.54, 1.807) is 0 Å². The van der Waals surface area contributed by atoms with Gasteiger partial charge in [-0.05, 0) is 43.5 Å². The van der Waals surface area contributed by atoms with E-state index in [0.717, 1.165) is 51.6 Å². The largest absolute Gasteiger partial charge is 0.377 e. The highest BCUT2D eigenvalue weighted by molar-refractivity contribution is 7.17. The molecular weight excluding hydrogens is 438 g/mol. The summed E-state index contributed by atoms with van der Waals surface area (Å²) in [5.41, 5.74) is 3.96. The lowest BCUT2D eigenvalue weighted by atomic mass is 9.94. The van der Waals surface area contributed by atoms with Crippen LogP contribution < -0.4 is 15.5 Å². The molecule has 2 aromatic heterocycles. The van der Waals surface area contributed by atoms with Gasteiger partial charge in [0.1, 0.15) is 4.88 Å². The molecule has 9 heteroatoms. The van der Waals surface area contributed by atoms with Gasteiger partial charge >= 0.3 is 0 Å². The van der Waals surface area contributed by atoms with Crippen molar-refractivity contribution in [3.8, 4) is 0 Å². The molecule has 5 rings (SSSR count). The average Bonchev–Trinajstić information content (AvgIpc) is 3.36. The Hall–Kier alpha value is -2.91. The first-order valence-corrected chi connectivity index (χ1v) is 12.1. The second-order valence-electron chi connectivity index (χ2n) is 9.52. The van der Waals surface area contributed by atoms with Crippen LogP contribution in [0.4, 0.5) is 5.13 Å². The number of benzene rings is 1. The number of thiazole rings is 1. The lowest BCUT2D eigenvalue weighted by Gasteiger charge is -2.35. The van der Waals surface area contributed by atoms with Crippen molar-refractivity contribution >= 4 is 39.2 Å². The van der Waals surface area contributed by atoms with Gasteiger partial charge in [-0.3, -0.25) is 9.59 Å². The summed E-state index contributed by atoms with van der Waals surface area (Å²) in [5.74, 6) is -0.0688. The number of carbonyl (C=O) groups is 2. The molecule has 4 heterocycles. The van der Waals surface area contributed by atoms with Crippen LogP contribution in [-0.2, 0) is 28.9 Å². The van der Waals surface area contributed by atoms with Crippen LogP contribution >= 0.6 is 11.3 Å². The number of amides is 2. The lowest BCUT2D eigenvalue weighted by Crippen LogP contribution is -2.48. The quantitative estimate of drug-likeness (QED) is 0.536. The third-order valence-electron chi connectivity index (χ3n) is 6.26. The first kappa shape index (κ1) is 21.9. The topological polar surface area (TPSA) is 99.3 Å². The fraction of sp³-hybridized carbons (Fsp3) is 0.458. The van der Waals surface area contributed by atoms with Crippen molar-refractivity contribution in [2.24, 2.45) is 0 Å². The van der Waals surface area contributed by atoms with Crippen molar-refractivity contribution in [2.75, 3.05) is 24.7 Å².